The second kappa shape index (κ2) is 7.82. The van der Waals surface area contributed by atoms with E-state index in [0.29, 0.717) is 0 Å². The fraction of sp³-hybridized carbons (Fsp3) is 0.148. The topological polar surface area (TPSA) is 12.9 Å². The number of benzene rings is 3. The van der Waals surface area contributed by atoms with Crippen LogP contribution in [0.3, 0.4) is 0 Å². The van der Waals surface area contributed by atoms with Crippen LogP contribution in [-0.2, 0) is 0 Å². The lowest BCUT2D eigenvalue weighted by atomic mass is 9.90. The summed E-state index contributed by atoms with van der Waals surface area (Å²) in [6, 6.07) is 31.1. The van der Waals surface area contributed by atoms with Crippen LogP contribution in [0.2, 0.25) is 0 Å². The first-order valence-electron chi connectivity index (χ1n) is 10.2. The maximum Gasteiger partial charge on any atom is 0.0707 e. The van der Waals surface area contributed by atoms with Crippen LogP contribution in [0.1, 0.15) is 36.6 Å². The van der Waals surface area contributed by atoms with Crippen LogP contribution in [0.25, 0.3) is 22.4 Å². The van der Waals surface area contributed by atoms with E-state index in [1.54, 1.807) is 0 Å². The SMILES string of the molecule is [2H]C(C)(c1ccc(-c2ccccc2)cc1)c1cccc(-c2cc(C)cc(C)n2)c1. The number of hydrogen-bond donors (Lipinski definition) is 0. The molecule has 0 saturated heterocycles. The van der Waals surface area contributed by atoms with E-state index in [-0.39, 0.29) is 0 Å². The summed E-state index contributed by atoms with van der Waals surface area (Å²) in [6.45, 7) is 6.06. The van der Waals surface area contributed by atoms with Gasteiger partial charge in [-0.05, 0) is 59.9 Å². The van der Waals surface area contributed by atoms with E-state index in [4.69, 9.17) is 1.37 Å². The van der Waals surface area contributed by atoms with Gasteiger partial charge in [0.1, 0.15) is 0 Å². The molecule has 0 radical (unpaired) electrons. The molecule has 1 heterocycles. The number of hydrogen-bond acceptors (Lipinski definition) is 1. The van der Waals surface area contributed by atoms with Crippen molar-refractivity contribution < 1.29 is 1.37 Å². The van der Waals surface area contributed by atoms with Gasteiger partial charge in [-0.25, -0.2) is 0 Å². The maximum absolute atomic E-state index is 9.11. The van der Waals surface area contributed by atoms with Gasteiger partial charge in [-0.3, -0.25) is 4.98 Å². The van der Waals surface area contributed by atoms with Crippen molar-refractivity contribution in [3.8, 4) is 22.4 Å². The van der Waals surface area contributed by atoms with Crippen molar-refractivity contribution in [3.63, 3.8) is 0 Å². The predicted octanol–water partition coefficient (Wildman–Crippen LogP) is 7.18. The van der Waals surface area contributed by atoms with Crippen LogP contribution >= 0.6 is 0 Å². The summed E-state index contributed by atoms with van der Waals surface area (Å²) in [4.78, 5) is 4.68. The van der Waals surface area contributed by atoms with Crippen molar-refractivity contribution in [1.82, 2.24) is 4.98 Å². The minimum atomic E-state index is -0.843. The summed E-state index contributed by atoms with van der Waals surface area (Å²) in [6.07, 6.45) is 0. The summed E-state index contributed by atoms with van der Waals surface area (Å²) < 4.78 is 9.11. The Morgan fingerprint density at radius 3 is 2.07 bits per heavy atom. The Labute approximate surface area is 169 Å². The number of rotatable bonds is 4. The quantitative estimate of drug-likeness (QED) is 0.373. The largest absolute Gasteiger partial charge is 0.253 e. The standard InChI is InChI=1S/C27H25N/c1-19-16-20(2)28-27(17-19)26-11-7-10-25(18-26)21(3)22-12-14-24(15-13-22)23-8-5-4-6-9-23/h4-18,21H,1-3H3/i21D. The Hall–Kier alpha value is -3.19. The van der Waals surface area contributed by atoms with Gasteiger partial charge in [0.15, 0.2) is 0 Å². The summed E-state index contributed by atoms with van der Waals surface area (Å²) >= 11 is 0. The Morgan fingerprint density at radius 1 is 0.679 bits per heavy atom. The van der Waals surface area contributed by atoms with Gasteiger partial charge in [0.25, 0.3) is 0 Å². The average Bonchev–Trinajstić information content (AvgIpc) is 2.74. The number of nitrogens with zero attached hydrogens (tertiary/aromatic N) is 1. The second-order valence-corrected chi connectivity index (χ2v) is 7.32. The zero-order chi connectivity index (χ0) is 20.4. The van der Waals surface area contributed by atoms with Gasteiger partial charge in [0, 0.05) is 18.5 Å². The molecule has 0 saturated carbocycles. The minimum Gasteiger partial charge on any atom is -0.253 e. The highest BCUT2D eigenvalue weighted by Gasteiger charge is 2.11. The van der Waals surface area contributed by atoms with Crippen LogP contribution in [0.5, 0.6) is 0 Å². The van der Waals surface area contributed by atoms with Gasteiger partial charge in [-0.2, -0.15) is 0 Å². The molecular weight excluding hydrogens is 338 g/mol. The fourth-order valence-corrected chi connectivity index (χ4v) is 3.61. The highest BCUT2D eigenvalue weighted by Crippen LogP contribution is 2.29. The molecule has 1 heteroatoms. The molecule has 1 aromatic heterocycles. The van der Waals surface area contributed by atoms with Crippen LogP contribution in [0.15, 0.2) is 91.0 Å². The molecule has 0 fully saturated rings. The van der Waals surface area contributed by atoms with Crippen molar-refractivity contribution >= 4 is 0 Å². The molecule has 3 aromatic carbocycles. The Kier molecular flexibility index (Phi) is 4.73. The third-order valence-corrected chi connectivity index (χ3v) is 5.11. The monoisotopic (exact) mass is 364 g/mol. The molecule has 1 unspecified atom stereocenters. The third kappa shape index (κ3) is 3.89. The highest BCUT2D eigenvalue weighted by atomic mass is 14.7. The molecule has 4 aromatic rings. The summed E-state index contributed by atoms with van der Waals surface area (Å²) in [5.41, 5.74) is 8.50. The molecule has 0 aliphatic heterocycles. The van der Waals surface area contributed by atoms with E-state index in [1.165, 1.54) is 16.7 Å². The molecule has 0 bridgehead atoms. The van der Waals surface area contributed by atoms with E-state index < -0.39 is 5.89 Å². The third-order valence-electron chi connectivity index (χ3n) is 5.11. The molecule has 0 amide bonds. The van der Waals surface area contributed by atoms with Crippen molar-refractivity contribution in [2.75, 3.05) is 0 Å². The van der Waals surface area contributed by atoms with Crippen LogP contribution in [-0.4, -0.2) is 4.98 Å². The second-order valence-electron chi connectivity index (χ2n) is 7.32. The molecule has 28 heavy (non-hydrogen) atoms. The smallest absolute Gasteiger partial charge is 0.0707 e. The number of aromatic nitrogens is 1. The van der Waals surface area contributed by atoms with E-state index in [0.717, 1.165) is 28.1 Å². The lowest BCUT2D eigenvalue weighted by molar-refractivity contribution is 0.923. The Balaban J connectivity index is 1.68. The molecule has 138 valence electrons. The lowest BCUT2D eigenvalue weighted by Gasteiger charge is -2.15. The molecule has 4 rings (SSSR count). The van der Waals surface area contributed by atoms with Gasteiger partial charge < -0.3 is 0 Å². The van der Waals surface area contributed by atoms with Gasteiger partial charge >= 0.3 is 0 Å². The van der Waals surface area contributed by atoms with Crippen molar-refractivity contribution in [1.29, 1.82) is 0 Å². The average molecular weight is 365 g/mol. The van der Waals surface area contributed by atoms with Crippen LogP contribution in [0.4, 0.5) is 0 Å². The minimum absolute atomic E-state index is 0.843. The first-order chi connectivity index (χ1) is 13.9. The molecule has 0 N–H and O–H groups in total. The first kappa shape index (κ1) is 16.9. The predicted molar refractivity (Wildman–Crippen MR) is 119 cm³/mol. The zero-order valence-corrected chi connectivity index (χ0v) is 16.6. The summed E-state index contributed by atoms with van der Waals surface area (Å²) in [7, 11) is 0. The molecule has 0 spiro atoms. The van der Waals surface area contributed by atoms with Gasteiger partial charge in [0.05, 0.1) is 5.69 Å². The van der Waals surface area contributed by atoms with E-state index >= 15 is 0 Å². The normalized spacial score (nSPS) is 13.6. The van der Waals surface area contributed by atoms with Gasteiger partial charge in [-0.1, -0.05) is 79.7 Å². The number of pyridine rings is 1. The van der Waals surface area contributed by atoms with Crippen LogP contribution < -0.4 is 0 Å². The Morgan fingerprint density at radius 2 is 1.36 bits per heavy atom. The molecule has 1 atom stereocenters. The lowest BCUT2D eigenvalue weighted by Crippen LogP contribution is -1.97. The van der Waals surface area contributed by atoms with Crippen LogP contribution in [0, 0.1) is 13.8 Å². The van der Waals surface area contributed by atoms with Crippen molar-refractivity contribution in [2.24, 2.45) is 0 Å². The molecule has 0 aliphatic carbocycles. The zero-order valence-electron chi connectivity index (χ0n) is 17.6. The van der Waals surface area contributed by atoms with Gasteiger partial charge in [-0.15, -0.1) is 0 Å². The van der Waals surface area contributed by atoms with E-state index in [9.17, 15) is 0 Å². The van der Waals surface area contributed by atoms with Crippen molar-refractivity contribution in [3.05, 3.63) is 113 Å². The highest BCUT2D eigenvalue weighted by molar-refractivity contribution is 5.64. The first-order valence-corrected chi connectivity index (χ1v) is 9.66. The molecule has 0 aliphatic rings. The molecule has 1 nitrogen and oxygen atoms in total. The van der Waals surface area contributed by atoms with Crippen molar-refractivity contribution in [2.45, 2.75) is 26.7 Å². The van der Waals surface area contributed by atoms with E-state index in [1.807, 2.05) is 44.2 Å². The van der Waals surface area contributed by atoms with Gasteiger partial charge in [0.2, 0.25) is 0 Å². The number of aryl methyl sites for hydroxylation is 2. The fourth-order valence-electron chi connectivity index (χ4n) is 3.61. The molecular formula is C27H25N. The Bertz CT molecular complexity index is 1110. The summed E-state index contributed by atoms with van der Waals surface area (Å²) in [5, 5.41) is 0. The summed E-state index contributed by atoms with van der Waals surface area (Å²) in [5.74, 6) is -0.843. The van der Waals surface area contributed by atoms with E-state index in [2.05, 4.69) is 72.6 Å². The maximum atomic E-state index is 9.11.